The van der Waals surface area contributed by atoms with Gasteiger partial charge in [0.25, 0.3) is 11.8 Å². The number of benzene rings is 4. The molecule has 0 unspecified atom stereocenters. The highest BCUT2D eigenvalue weighted by molar-refractivity contribution is 6.34. The number of imidazole rings is 1. The molecule has 0 spiro atoms. The molecule has 2 amide bonds. The van der Waals surface area contributed by atoms with Gasteiger partial charge in [0.05, 0.1) is 33.4 Å². The minimum Gasteiger partial charge on any atom is -0.478 e. The van der Waals surface area contributed by atoms with E-state index in [9.17, 15) is 19.5 Å². The Hall–Kier alpha value is -5.24. The molecule has 0 saturated carbocycles. The van der Waals surface area contributed by atoms with E-state index in [1.165, 1.54) is 18.2 Å². The van der Waals surface area contributed by atoms with Crippen LogP contribution in [0.15, 0.2) is 91.0 Å². The van der Waals surface area contributed by atoms with Crippen LogP contribution in [0.25, 0.3) is 22.4 Å². The zero-order chi connectivity index (χ0) is 25.5. The van der Waals surface area contributed by atoms with E-state index in [1.54, 1.807) is 12.1 Å². The van der Waals surface area contributed by atoms with Crippen molar-refractivity contribution in [3.05, 3.63) is 113 Å². The molecule has 0 bridgehead atoms. The predicted molar refractivity (Wildman–Crippen MR) is 140 cm³/mol. The van der Waals surface area contributed by atoms with Crippen molar-refractivity contribution in [3.8, 4) is 11.4 Å². The van der Waals surface area contributed by atoms with Crippen molar-refractivity contribution in [1.82, 2.24) is 9.97 Å². The predicted octanol–water partition coefficient (Wildman–Crippen LogP) is 5.34. The van der Waals surface area contributed by atoms with Gasteiger partial charge in [0.15, 0.2) is 0 Å². The first-order valence-corrected chi connectivity index (χ1v) is 11.6. The largest absolute Gasteiger partial charge is 0.478 e. The number of nitrogens with zero attached hydrogens (tertiary/aromatic N) is 2. The molecular formula is C29H20N4O4. The molecule has 0 aliphatic carbocycles. The molecule has 0 saturated heterocycles. The van der Waals surface area contributed by atoms with Gasteiger partial charge in [-0.1, -0.05) is 24.3 Å². The smallest absolute Gasteiger partial charge is 0.335 e. The van der Waals surface area contributed by atoms with Crippen molar-refractivity contribution in [2.75, 3.05) is 10.2 Å². The van der Waals surface area contributed by atoms with Crippen LogP contribution in [0.5, 0.6) is 0 Å². The number of carbonyl (C=O) groups excluding carboxylic acids is 2. The lowest BCUT2D eigenvalue weighted by Gasteiger charge is -2.14. The summed E-state index contributed by atoms with van der Waals surface area (Å²) in [6.45, 7) is 0.550. The monoisotopic (exact) mass is 488 g/mol. The highest BCUT2D eigenvalue weighted by atomic mass is 16.4. The number of aromatic carboxylic acids is 1. The van der Waals surface area contributed by atoms with Gasteiger partial charge in [0.2, 0.25) is 0 Å². The Bertz CT molecular complexity index is 1650. The first kappa shape index (κ1) is 22.2. The van der Waals surface area contributed by atoms with Gasteiger partial charge in [-0.2, -0.15) is 0 Å². The Kier molecular flexibility index (Phi) is 5.27. The summed E-state index contributed by atoms with van der Waals surface area (Å²) in [5.74, 6) is -1.33. The Balaban J connectivity index is 1.13. The van der Waals surface area contributed by atoms with E-state index in [4.69, 9.17) is 0 Å². The second kappa shape index (κ2) is 8.76. The molecule has 5 aromatic rings. The summed E-state index contributed by atoms with van der Waals surface area (Å²) in [5.41, 5.74) is 5.52. The van der Waals surface area contributed by atoms with Crippen LogP contribution in [0.2, 0.25) is 0 Å². The van der Waals surface area contributed by atoms with Crippen molar-refractivity contribution in [2.45, 2.75) is 6.54 Å². The number of aromatic nitrogens is 2. The number of para-hydroxylation sites is 2. The maximum absolute atomic E-state index is 12.9. The number of nitrogens with one attached hydrogen (secondary N) is 2. The molecule has 3 N–H and O–H groups in total. The molecule has 8 heteroatoms. The average molecular weight is 489 g/mol. The minimum atomic E-state index is -1.15. The number of hydrogen-bond acceptors (Lipinski definition) is 5. The van der Waals surface area contributed by atoms with Crippen molar-refractivity contribution in [1.29, 1.82) is 0 Å². The van der Waals surface area contributed by atoms with Crippen molar-refractivity contribution in [3.63, 3.8) is 0 Å². The van der Waals surface area contributed by atoms with Gasteiger partial charge in [-0.15, -0.1) is 0 Å². The Labute approximate surface area is 211 Å². The summed E-state index contributed by atoms with van der Waals surface area (Å²) in [5, 5.41) is 12.6. The Morgan fingerprint density at radius 2 is 1.59 bits per heavy atom. The standard InChI is InChI=1S/C29H20N4O4/c34-27-22-14-9-19(29(36)37)15-23(22)28(35)33(27)21-12-5-17(6-13-21)16-30-20-10-7-18(8-11-20)26-31-24-3-1-2-4-25(24)32-26/h1-15,30H,16H2,(H,31,32)(H,36,37). The third kappa shape index (κ3) is 4.00. The lowest BCUT2D eigenvalue weighted by molar-refractivity contribution is 0.0696. The molecule has 1 aromatic heterocycles. The van der Waals surface area contributed by atoms with Gasteiger partial charge >= 0.3 is 5.97 Å². The van der Waals surface area contributed by atoms with E-state index in [2.05, 4.69) is 15.3 Å². The van der Waals surface area contributed by atoms with Crippen LogP contribution in [0.1, 0.15) is 36.6 Å². The molecule has 180 valence electrons. The second-order valence-electron chi connectivity index (χ2n) is 8.71. The molecule has 1 aliphatic heterocycles. The molecular weight excluding hydrogens is 468 g/mol. The van der Waals surface area contributed by atoms with Gasteiger partial charge in [-0.05, 0) is 72.3 Å². The molecule has 4 aromatic carbocycles. The van der Waals surface area contributed by atoms with Crippen LogP contribution >= 0.6 is 0 Å². The fourth-order valence-electron chi connectivity index (χ4n) is 4.41. The summed E-state index contributed by atoms with van der Waals surface area (Å²) in [7, 11) is 0. The van der Waals surface area contributed by atoms with E-state index in [-0.39, 0.29) is 16.7 Å². The van der Waals surface area contributed by atoms with Crippen LogP contribution < -0.4 is 10.2 Å². The highest BCUT2D eigenvalue weighted by Crippen LogP contribution is 2.29. The quantitative estimate of drug-likeness (QED) is 0.278. The van der Waals surface area contributed by atoms with Crippen LogP contribution in [-0.4, -0.2) is 32.9 Å². The third-order valence-electron chi connectivity index (χ3n) is 6.37. The van der Waals surface area contributed by atoms with Crippen molar-refractivity contribution in [2.24, 2.45) is 0 Å². The number of fused-ring (bicyclic) bond motifs is 2. The molecule has 6 rings (SSSR count). The third-order valence-corrected chi connectivity index (χ3v) is 6.37. The normalized spacial score (nSPS) is 12.7. The zero-order valence-corrected chi connectivity index (χ0v) is 19.4. The lowest BCUT2D eigenvalue weighted by Crippen LogP contribution is -2.29. The van der Waals surface area contributed by atoms with Crippen LogP contribution in [0.4, 0.5) is 11.4 Å². The number of hydrogen-bond donors (Lipinski definition) is 3. The van der Waals surface area contributed by atoms with E-state index >= 15 is 0 Å². The summed E-state index contributed by atoms with van der Waals surface area (Å²) in [4.78, 5) is 45.9. The summed E-state index contributed by atoms with van der Waals surface area (Å²) in [6.07, 6.45) is 0. The van der Waals surface area contributed by atoms with Gasteiger partial charge in [-0.3, -0.25) is 9.59 Å². The summed E-state index contributed by atoms with van der Waals surface area (Å²) in [6, 6.07) is 26.9. The number of amides is 2. The number of H-pyrrole nitrogens is 1. The van der Waals surface area contributed by atoms with E-state index < -0.39 is 17.8 Å². The average Bonchev–Trinajstić information content (AvgIpc) is 3.47. The molecule has 0 atom stereocenters. The number of carboxylic acid groups (broad SMARTS) is 1. The fraction of sp³-hybridized carbons (Fsp3) is 0.0345. The summed E-state index contributed by atoms with van der Waals surface area (Å²) >= 11 is 0. The van der Waals surface area contributed by atoms with Gasteiger partial charge in [0, 0.05) is 17.8 Å². The minimum absolute atomic E-state index is 0.0335. The number of anilines is 2. The van der Waals surface area contributed by atoms with Crippen LogP contribution in [0, 0.1) is 0 Å². The van der Waals surface area contributed by atoms with Crippen molar-refractivity contribution < 1.29 is 19.5 Å². The van der Waals surface area contributed by atoms with E-state index in [1.807, 2.05) is 60.7 Å². The Morgan fingerprint density at radius 3 is 2.32 bits per heavy atom. The maximum atomic E-state index is 12.9. The van der Waals surface area contributed by atoms with Gasteiger partial charge in [-0.25, -0.2) is 14.7 Å². The number of carbonyl (C=O) groups is 3. The van der Waals surface area contributed by atoms with Gasteiger partial charge < -0.3 is 15.4 Å². The van der Waals surface area contributed by atoms with E-state index in [0.29, 0.717) is 12.2 Å². The number of rotatable bonds is 6. The maximum Gasteiger partial charge on any atom is 0.335 e. The zero-order valence-electron chi connectivity index (χ0n) is 19.4. The van der Waals surface area contributed by atoms with Crippen molar-refractivity contribution >= 4 is 40.2 Å². The molecule has 37 heavy (non-hydrogen) atoms. The molecule has 2 heterocycles. The first-order chi connectivity index (χ1) is 18.0. The highest BCUT2D eigenvalue weighted by Gasteiger charge is 2.37. The topological polar surface area (TPSA) is 115 Å². The SMILES string of the molecule is O=C(O)c1ccc2c(c1)C(=O)N(c1ccc(CNc3ccc(-c4nc5ccccc5[nH]4)cc3)cc1)C2=O. The number of aromatic amines is 1. The molecule has 0 radical (unpaired) electrons. The van der Waals surface area contributed by atoms with E-state index in [0.717, 1.165) is 38.6 Å². The fourth-order valence-corrected chi connectivity index (χ4v) is 4.41. The summed E-state index contributed by atoms with van der Waals surface area (Å²) < 4.78 is 0. The number of carboxylic acids is 1. The number of imide groups is 1. The second-order valence-corrected chi connectivity index (χ2v) is 8.71. The van der Waals surface area contributed by atoms with Gasteiger partial charge in [0.1, 0.15) is 5.82 Å². The lowest BCUT2D eigenvalue weighted by atomic mass is 10.1. The molecule has 1 aliphatic rings. The van der Waals surface area contributed by atoms with Crippen LogP contribution in [0.3, 0.4) is 0 Å². The molecule has 0 fully saturated rings. The van der Waals surface area contributed by atoms with Crippen LogP contribution in [-0.2, 0) is 6.54 Å². The first-order valence-electron chi connectivity index (χ1n) is 11.6. The molecule has 8 nitrogen and oxygen atoms in total. The Morgan fingerprint density at radius 1 is 0.865 bits per heavy atom.